The van der Waals surface area contributed by atoms with Crippen LogP contribution in [-0.4, -0.2) is 11.2 Å². The Hall–Kier alpha value is -0.300. The summed E-state index contributed by atoms with van der Waals surface area (Å²) in [5.74, 6) is 6.01. The van der Waals surface area contributed by atoms with E-state index in [1.807, 2.05) is 0 Å². The van der Waals surface area contributed by atoms with Gasteiger partial charge in [0.2, 0.25) is 0 Å². The second-order valence-electron chi connectivity index (χ2n) is 13.9. The average Bonchev–Trinajstić information content (AvgIpc) is 3.02. The van der Waals surface area contributed by atoms with Crippen LogP contribution in [0.3, 0.4) is 0 Å². The Kier molecular flexibility index (Phi) is 6.77. The lowest BCUT2D eigenvalue weighted by Crippen LogP contribution is -2.59. The molecule has 0 aliphatic heterocycles. The molecule has 0 heterocycles. The molecule has 0 bridgehead atoms. The van der Waals surface area contributed by atoms with Gasteiger partial charge in [0, 0.05) is 0 Å². The molecule has 0 aromatic carbocycles. The molecule has 4 rings (SSSR count). The van der Waals surface area contributed by atoms with Crippen molar-refractivity contribution in [2.24, 2.45) is 63.6 Å². The lowest BCUT2D eigenvalue weighted by molar-refractivity contribution is -0.178. The van der Waals surface area contributed by atoms with E-state index in [1.54, 1.807) is 0 Å². The van der Waals surface area contributed by atoms with Gasteiger partial charge < -0.3 is 5.11 Å². The Balaban J connectivity index is 1.56. The third-order valence-corrected chi connectivity index (χ3v) is 12.7. The van der Waals surface area contributed by atoms with Crippen LogP contribution in [0, 0.1) is 63.6 Å². The van der Waals surface area contributed by atoms with Crippen LogP contribution >= 0.6 is 0 Å². The van der Waals surface area contributed by atoms with E-state index in [1.165, 1.54) is 51.4 Å². The van der Waals surface area contributed by atoms with Crippen LogP contribution < -0.4 is 0 Å². The molecule has 32 heavy (non-hydrogen) atoms. The molecule has 1 N–H and O–H groups in total. The second kappa shape index (κ2) is 8.73. The largest absolute Gasteiger partial charge is 0.393 e. The summed E-state index contributed by atoms with van der Waals surface area (Å²) in [4.78, 5) is 0. The highest BCUT2D eigenvalue weighted by Crippen LogP contribution is 2.73. The minimum Gasteiger partial charge on any atom is -0.393 e. The molecule has 0 saturated heterocycles. The maximum atomic E-state index is 10.6. The molecule has 4 saturated carbocycles. The normalized spacial score (nSPS) is 50.7. The predicted octanol–water partition coefficient (Wildman–Crippen LogP) is 8.52. The third-order valence-electron chi connectivity index (χ3n) is 12.7. The first-order chi connectivity index (χ1) is 15.0. The van der Waals surface area contributed by atoms with Crippen LogP contribution in [0.25, 0.3) is 0 Å². The summed E-state index contributed by atoms with van der Waals surface area (Å²) in [6, 6.07) is 0. The zero-order chi connectivity index (χ0) is 23.5. The summed E-state index contributed by atoms with van der Waals surface area (Å²) in [5, 5.41) is 10.6. The molecule has 184 valence electrons. The van der Waals surface area contributed by atoms with E-state index >= 15 is 0 Å². The zero-order valence-corrected chi connectivity index (χ0v) is 22.7. The lowest BCUT2D eigenvalue weighted by atomic mass is 9.39. The van der Waals surface area contributed by atoms with Crippen molar-refractivity contribution in [2.75, 3.05) is 0 Å². The summed E-state index contributed by atoms with van der Waals surface area (Å²) in [6.07, 6.45) is 17.2. The zero-order valence-electron chi connectivity index (χ0n) is 22.7. The SMILES string of the molecule is CCC(/C=C/[C@@H](C)[C@H]1CC[C@@]2(C)[C@@H]3CC[C@H]4[C@H](C)[C@@H](O)CC[C@]4(C)[C@H]3CC[C@]12C)C(C)C. The smallest absolute Gasteiger partial charge is 0.0568 e. The number of hydrogen-bond donors (Lipinski definition) is 1. The quantitative estimate of drug-likeness (QED) is 0.423. The first-order valence-electron chi connectivity index (χ1n) is 14.4. The highest BCUT2D eigenvalue weighted by Gasteiger charge is 2.66. The maximum absolute atomic E-state index is 10.6. The summed E-state index contributed by atoms with van der Waals surface area (Å²) in [5.41, 5.74) is 1.44. The molecule has 0 aromatic rings. The molecule has 1 nitrogen and oxygen atoms in total. The van der Waals surface area contributed by atoms with Gasteiger partial charge in [-0.15, -0.1) is 0 Å². The highest BCUT2D eigenvalue weighted by molar-refractivity contribution is 5.16. The summed E-state index contributed by atoms with van der Waals surface area (Å²) < 4.78 is 0. The summed E-state index contributed by atoms with van der Waals surface area (Å²) >= 11 is 0. The molecule has 1 heteroatoms. The van der Waals surface area contributed by atoms with Gasteiger partial charge in [0.15, 0.2) is 0 Å². The molecular weight excluding hydrogens is 388 g/mol. The molecule has 0 radical (unpaired) electrons. The molecule has 0 aromatic heterocycles. The number of hydrogen-bond acceptors (Lipinski definition) is 1. The fraction of sp³-hybridized carbons (Fsp3) is 0.935. The van der Waals surface area contributed by atoms with E-state index in [2.05, 4.69) is 67.5 Å². The first kappa shape index (κ1) is 24.8. The molecule has 0 amide bonds. The Morgan fingerprint density at radius 1 is 0.812 bits per heavy atom. The van der Waals surface area contributed by atoms with Crippen molar-refractivity contribution < 1.29 is 5.11 Å². The highest BCUT2D eigenvalue weighted by atomic mass is 16.3. The third kappa shape index (κ3) is 3.58. The lowest BCUT2D eigenvalue weighted by Gasteiger charge is -2.66. The van der Waals surface area contributed by atoms with E-state index in [0.717, 1.165) is 41.9 Å². The molecule has 1 unspecified atom stereocenters. The van der Waals surface area contributed by atoms with Gasteiger partial charge in [-0.1, -0.05) is 67.5 Å². The average molecular weight is 443 g/mol. The van der Waals surface area contributed by atoms with Crippen LogP contribution in [0.5, 0.6) is 0 Å². The van der Waals surface area contributed by atoms with E-state index in [-0.39, 0.29) is 6.10 Å². The first-order valence-corrected chi connectivity index (χ1v) is 14.4. The minimum atomic E-state index is -0.0599. The van der Waals surface area contributed by atoms with Crippen molar-refractivity contribution in [3.8, 4) is 0 Å². The van der Waals surface area contributed by atoms with Crippen LogP contribution in [0.15, 0.2) is 12.2 Å². The summed E-state index contributed by atoms with van der Waals surface area (Å²) in [6.45, 7) is 20.0. The Morgan fingerprint density at radius 2 is 1.47 bits per heavy atom. The van der Waals surface area contributed by atoms with Gasteiger partial charge in [-0.2, -0.15) is 0 Å². The maximum Gasteiger partial charge on any atom is 0.0568 e. The molecular formula is C31H54O. The standard InChI is InChI=1S/C31H54O/c1-9-23(20(2)3)11-10-21(4)24-14-18-31(8)27-13-12-25-22(5)28(32)16-17-29(25,6)26(27)15-19-30(24,31)7/h10-11,20-28,32H,9,12-19H2,1-8H3/b11-10+/t21-,22+,23?,24-,25+,26+,27-,28+,29+,30-,31+/m1/s1. The minimum absolute atomic E-state index is 0.0599. The van der Waals surface area contributed by atoms with Gasteiger partial charge in [-0.05, 0) is 121 Å². The second-order valence-corrected chi connectivity index (χ2v) is 13.9. The molecule has 11 atom stereocenters. The molecule has 4 aliphatic carbocycles. The number of aliphatic hydroxyl groups excluding tert-OH is 1. The number of aliphatic hydroxyl groups is 1. The van der Waals surface area contributed by atoms with Crippen LogP contribution in [-0.2, 0) is 0 Å². The summed E-state index contributed by atoms with van der Waals surface area (Å²) in [7, 11) is 0. The predicted molar refractivity (Wildman–Crippen MR) is 137 cm³/mol. The number of rotatable bonds is 5. The van der Waals surface area contributed by atoms with Crippen LogP contribution in [0.4, 0.5) is 0 Å². The number of allylic oxidation sites excluding steroid dienone is 2. The van der Waals surface area contributed by atoms with Gasteiger partial charge in [0.25, 0.3) is 0 Å². The van der Waals surface area contributed by atoms with Crippen molar-refractivity contribution in [3.05, 3.63) is 12.2 Å². The van der Waals surface area contributed by atoms with E-state index in [9.17, 15) is 5.11 Å². The van der Waals surface area contributed by atoms with Crippen molar-refractivity contribution in [3.63, 3.8) is 0 Å². The molecule has 0 spiro atoms. The Morgan fingerprint density at radius 3 is 2.12 bits per heavy atom. The van der Waals surface area contributed by atoms with Crippen molar-refractivity contribution in [2.45, 2.75) is 119 Å². The van der Waals surface area contributed by atoms with E-state index < -0.39 is 0 Å². The molecule has 4 aliphatic rings. The van der Waals surface area contributed by atoms with Gasteiger partial charge >= 0.3 is 0 Å². The van der Waals surface area contributed by atoms with Crippen molar-refractivity contribution >= 4 is 0 Å². The van der Waals surface area contributed by atoms with Crippen molar-refractivity contribution in [1.29, 1.82) is 0 Å². The monoisotopic (exact) mass is 442 g/mol. The number of fused-ring (bicyclic) bond motifs is 5. The van der Waals surface area contributed by atoms with Gasteiger partial charge in [-0.25, -0.2) is 0 Å². The fourth-order valence-corrected chi connectivity index (χ4v) is 10.3. The molecule has 4 fully saturated rings. The van der Waals surface area contributed by atoms with Crippen LogP contribution in [0.2, 0.25) is 0 Å². The van der Waals surface area contributed by atoms with Gasteiger partial charge in [0.1, 0.15) is 0 Å². The topological polar surface area (TPSA) is 20.2 Å². The fourth-order valence-electron chi connectivity index (χ4n) is 10.3. The van der Waals surface area contributed by atoms with Crippen LogP contribution in [0.1, 0.15) is 113 Å². The Labute approximate surface area is 200 Å². The van der Waals surface area contributed by atoms with Gasteiger partial charge in [-0.3, -0.25) is 0 Å². The Bertz CT molecular complexity index is 695. The van der Waals surface area contributed by atoms with E-state index in [0.29, 0.717) is 28.1 Å². The van der Waals surface area contributed by atoms with Gasteiger partial charge in [0.05, 0.1) is 6.10 Å². The van der Waals surface area contributed by atoms with Crippen molar-refractivity contribution in [1.82, 2.24) is 0 Å². The van der Waals surface area contributed by atoms with E-state index in [4.69, 9.17) is 0 Å².